The minimum Gasteiger partial charge on any atom is -0.358 e. The molecule has 1 aliphatic rings. The largest absolute Gasteiger partial charge is 0.358 e. The molecule has 0 amide bonds. The molecule has 7 heteroatoms. The van der Waals surface area contributed by atoms with Crippen molar-refractivity contribution < 1.29 is 14.4 Å². The third-order valence-corrected chi connectivity index (χ3v) is 2.17. The zero-order valence-electron chi connectivity index (χ0n) is 8.25. The second kappa shape index (κ2) is 3.95. The standard InChI is InChI=1S/C8H11N3O4/c1-2-14-8-7-9-5-6(11(12)13)10(7)3-4-15-8/h5,8H,2-4H2,1H3/t8-/m1/s1. The van der Waals surface area contributed by atoms with Gasteiger partial charge in [-0.15, -0.1) is 0 Å². The second-order valence-corrected chi connectivity index (χ2v) is 3.04. The van der Waals surface area contributed by atoms with E-state index < -0.39 is 11.2 Å². The fraction of sp³-hybridized carbons (Fsp3) is 0.625. The van der Waals surface area contributed by atoms with Crippen molar-refractivity contribution >= 4 is 5.82 Å². The summed E-state index contributed by atoms with van der Waals surface area (Å²) in [4.78, 5) is 14.2. The summed E-state index contributed by atoms with van der Waals surface area (Å²) in [5.41, 5.74) is 0. The Kier molecular flexibility index (Phi) is 2.65. The molecule has 0 aliphatic carbocycles. The summed E-state index contributed by atoms with van der Waals surface area (Å²) in [5.74, 6) is 0.452. The highest BCUT2D eigenvalue weighted by atomic mass is 16.7. The molecule has 0 saturated heterocycles. The van der Waals surface area contributed by atoms with Gasteiger partial charge in [-0.05, 0) is 11.8 Å². The first-order valence-electron chi connectivity index (χ1n) is 4.67. The van der Waals surface area contributed by atoms with E-state index in [1.165, 1.54) is 10.8 Å². The lowest BCUT2D eigenvalue weighted by atomic mass is 10.4. The number of rotatable bonds is 3. The van der Waals surface area contributed by atoms with Gasteiger partial charge in [0.15, 0.2) is 0 Å². The normalized spacial score (nSPS) is 19.9. The lowest BCUT2D eigenvalue weighted by Gasteiger charge is -2.20. The molecule has 1 atom stereocenters. The van der Waals surface area contributed by atoms with Gasteiger partial charge in [0.2, 0.25) is 6.29 Å². The van der Waals surface area contributed by atoms with E-state index in [2.05, 4.69) is 4.98 Å². The summed E-state index contributed by atoms with van der Waals surface area (Å²) in [5, 5.41) is 10.7. The molecule has 0 saturated carbocycles. The van der Waals surface area contributed by atoms with Gasteiger partial charge in [0.05, 0.1) is 6.61 Å². The number of nitro groups is 1. The third kappa shape index (κ3) is 1.71. The zero-order valence-corrected chi connectivity index (χ0v) is 8.25. The number of nitrogens with zero attached hydrogens (tertiary/aromatic N) is 3. The van der Waals surface area contributed by atoms with Gasteiger partial charge >= 0.3 is 5.82 Å². The van der Waals surface area contributed by atoms with E-state index in [-0.39, 0.29) is 5.82 Å². The van der Waals surface area contributed by atoms with Crippen LogP contribution >= 0.6 is 0 Å². The van der Waals surface area contributed by atoms with Gasteiger partial charge in [0.25, 0.3) is 5.82 Å². The molecule has 0 bridgehead atoms. The number of hydrogen-bond donors (Lipinski definition) is 0. The van der Waals surface area contributed by atoms with Crippen LogP contribution in [0.4, 0.5) is 5.82 Å². The van der Waals surface area contributed by atoms with Gasteiger partial charge in [-0.25, -0.2) is 9.55 Å². The first kappa shape index (κ1) is 10.1. The maximum atomic E-state index is 10.7. The van der Waals surface area contributed by atoms with E-state index in [0.717, 1.165) is 0 Å². The van der Waals surface area contributed by atoms with Crippen molar-refractivity contribution in [1.29, 1.82) is 0 Å². The summed E-state index contributed by atoms with van der Waals surface area (Å²) in [7, 11) is 0. The van der Waals surface area contributed by atoms with Crippen molar-refractivity contribution in [2.75, 3.05) is 13.2 Å². The molecule has 0 fully saturated rings. The summed E-state index contributed by atoms with van der Waals surface area (Å²) < 4.78 is 12.1. The van der Waals surface area contributed by atoms with E-state index in [1.54, 1.807) is 0 Å². The number of fused-ring (bicyclic) bond motifs is 1. The molecule has 82 valence electrons. The maximum Gasteiger partial charge on any atom is 0.343 e. The van der Waals surface area contributed by atoms with Crippen LogP contribution in [0.25, 0.3) is 0 Å². The molecule has 0 spiro atoms. The zero-order chi connectivity index (χ0) is 10.8. The molecule has 7 nitrogen and oxygen atoms in total. The van der Waals surface area contributed by atoms with Crippen LogP contribution in [0.3, 0.4) is 0 Å². The Morgan fingerprint density at radius 1 is 1.87 bits per heavy atom. The van der Waals surface area contributed by atoms with E-state index in [4.69, 9.17) is 9.47 Å². The van der Waals surface area contributed by atoms with E-state index in [9.17, 15) is 10.1 Å². The van der Waals surface area contributed by atoms with Crippen LogP contribution in [0.1, 0.15) is 19.0 Å². The molecule has 1 aromatic heterocycles. The molecule has 0 radical (unpaired) electrons. The minimum atomic E-state index is -0.586. The topological polar surface area (TPSA) is 79.4 Å². The van der Waals surface area contributed by atoms with Gasteiger partial charge in [0, 0.05) is 6.61 Å². The van der Waals surface area contributed by atoms with Crippen LogP contribution < -0.4 is 0 Å². The van der Waals surface area contributed by atoms with Crippen LogP contribution in [0.2, 0.25) is 0 Å². The number of imidazole rings is 1. The Labute approximate surface area is 85.8 Å². The average Bonchev–Trinajstić information content (AvgIpc) is 2.62. The molecule has 0 aromatic carbocycles. The second-order valence-electron chi connectivity index (χ2n) is 3.04. The monoisotopic (exact) mass is 213 g/mol. The predicted octanol–water partition coefficient (Wildman–Crippen LogP) is 0.857. The number of ether oxygens (including phenoxy) is 2. The van der Waals surface area contributed by atoms with E-state index in [1.807, 2.05) is 6.92 Å². The highest BCUT2D eigenvalue weighted by Gasteiger charge is 2.31. The quantitative estimate of drug-likeness (QED) is 0.549. The van der Waals surface area contributed by atoms with E-state index in [0.29, 0.717) is 25.6 Å². The lowest BCUT2D eigenvalue weighted by Crippen LogP contribution is -2.24. The molecule has 2 heterocycles. The molecule has 0 N–H and O–H groups in total. The summed E-state index contributed by atoms with van der Waals surface area (Å²) in [6.07, 6.45) is 0.646. The molecular formula is C8H11N3O4. The third-order valence-electron chi connectivity index (χ3n) is 2.17. The van der Waals surface area contributed by atoms with E-state index >= 15 is 0 Å². The van der Waals surface area contributed by atoms with Crippen LogP contribution in [-0.4, -0.2) is 27.7 Å². The summed E-state index contributed by atoms with van der Waals surface area (Å²) in [6, 6.07) is 0. The first-order valence-corrected chi connectivity index (χ1v) is 4.67. The van der Waals surface area contributed by atoms with Crippen LogP contribution in [0.15, 0.2) is 6.20 Å². The van der Waals surface area contributed by atoms with Crippen LogP contribution in [0, 0.1) is 10.1 Å². The Morgan fingerprint density at radius 3 is 3.33 bits per heavy atom. The Morgan fingerprint density at radius 2 is 2.67 bits per heavy atom. The minimum absolute atomic E-state index is 0.0157. The van der Waals surface area contributed by atoms with Crippen LogP contribution in [-0.2, 0) is 16.0 Å². The molecule has 1 aromatic rings. The van der Waals surface area contributed by atoms with Crippen molar-refractivity contribution in [3.63, 3.8) is 0 Å². The fourth-order valence-electron chi connectivity index (χ4n) is 1.54. The van der Waals surface area contributed by atoms with Gasteiger partial charge in [-0.2, -0.15) is 0 Å². The van der Waals surface area contributed by atoms with Gasteiger partial charge < -0.3 is 19.6 Å². The summed E-state index contributed by atoms with van der Waals surface area (Å²) in [6.45, 7) is 3.15. The van der Waals surface area contributed by atoms with Gasteiger partial charge in [0.1, 0.15) is 12.7 Å². The van der Waals surface area contributed by atoms with Crippen molar-refractivity contribution in [1.82, 2.24) is 9.55 Å². The van der Waals surface area contributed by atoms with Gasteiger partial charge in [-0.3, -0.25) is 0 Å². The van der Waals surface area contributed by atoms with Crippen molar-refractivity contribution in [2.24, 2.45) is 0 Å². The smallest absolute Gasteiger partial charge is 0.343 e. The number of hydrogen-bond acceptors (Lipinski definition) is 5. The van der Waals surface area contributed by atoms with Gasteiger partial charge in [-0.1, -0.05) is 0 Å². The summed E-state index contributed by atoms with van der Waals surface area (Å²) >= 11 is 0. The predicted molar refractivity (Wildman–Crippen MR) is 49.2 cm³/mol. The molecule has 0 unspecified atom stereocenters. The Bertz CT molecular complexity index is 376. The Balaban J connectivity index is 2.33. The molecular weight excluding hydrogens is 202 g/mol. The average molecular weight is 213 g/mol. The highest BCUT2D eigenvalue weighted by Crippen LogP contribution is 2.26. The fourth-order valence-corrected chi connectivity index (χ4v) is 1.54. The lowest BCUT2D eigenvalue weighted by molar-refractivity contribution is -0.393. The van der Waals surface area contributed by atoms with Crippen molar-refractivity contribution in [3.05, 3.63) is 22.1 Å². The Hall–Kier alpha value is -1.47. The molecule has 2 rings (SSSR count). The van der Waals surface area contributed by atoms with Crippen molar-refractivity contribution in [3.8, 4) is 0 Å². The SMILES string of the molecule is CCO[C@@H]1OCCn2c([N+](=O)[O-])cnc21. The molecule has 15 heavy (non-hydrogen) atoms. The van der Waals surface area contributed by atoms with Crippen molar-refractivity contribution in [2.45, 2.75) is 19.8 Å². The van der Waals surface area contributed by atoms with Crippen LogP contribution in [0.5, 0.6) is 0 Å². The maximum absolute atomic E-state index is 10.7. The number of aromatic nitrogens is 2. The highest BCUT2D eigenvalue weighted by molar-refractivity contribution is 5.20. The molecule has 1 aliphatic heterocycles. The first-order chi connectivity index (χ1) is 7.24.